The molecule has 30 heavy (non-hydrogen) atoms. The van der Waals surface area contributed by atoms with Crippen LogP contribution in [0.3, 0.4) is 0 Å². The van der Waals surface area contributed by atoms with Gasteiger partial charge >= 0.3 is 0 Å². The van der Waals surface area contributed by atoms with Crippen molar-refractivity contribution < 1.29 is 14.7 Å². The van der Waals surface area contributed by atoms with Crippen LogP contribution in [0.15, 0.2) is 66.7 Å². The van der Waals surface area contributed by atoms with Gasteiger partial charge in [0.15, 0.2) is 0 Å². The van der Waals surface area contributed by atoms with Crippen molar-refractivity contribution in [3.05, 3.63) is 72.3 Å². The van der Waals surface area contributed by atoms with Gasteiger partial charge in [0.2, 0.25) is 0 Å². The summed E-state index contributed by atoms with van der Waals surface area (Å²) in [4.78, 5) is 28.6. The number of nitrogens with zero attached hydrogens (tertiary/aromatic N) is 2. The first kappa shape index (κ1) is 18.8. The van der Waals surface area contributed by atoms with E-state index in [0.717, 1.165) is 11.1 Å². The van der Waals surface area contributed by atoms with Crippen molar-refractivity contribution in [2.24, 2.45) is 0 Å². The van der Waals surface area contributed by atoms with Gasteiger partial charge in [0.05, 0.1) is 0 Å². The highest BCUT2D eigenvalue weighted by Gasteiger charge is 2.50. The molecule has 2 amide bonds. The summed E-state index contributed by atoms with van der Waals surface area (Å²) in [7, 11) is 0. The molecule has 1 saturated heterocycles. The Kier molecular flexibility index (Phi) is 4.55. The first-order valence-corrected chi connectivity index (χ1v) is 10.4. The third-order valence-corrected chi connectivity index (χ3v) is 6.19. The largest absolute Gasteiger partial charge is 0.380 e. The molecule has 1 saturated carbocycles. The summed E-state index contributed by atoms with van der Waals surface area (Å²) in [6.07, 6.45) is 1.10. The maximum Gasteiger partial charge on any atom is 0.254 e. The average molecular weight is 400 g/mol. The van der Waals surface area contributed by atoms with Gasteiger partial charge in [0, 0.05) is 31.7 Å². The van der Waals surface area contributed by atoms with Gasteiger partial charge in [-0.15, -0.1) is 0 Å². The Labute approximate surface area is 175 Å². The highest BCUT2D eigenvalue weighted by Crippen LogP contribution is 2.37. The van der Waals surface area contributed by atoms with Crippen LogP contribution in [0.25, 0.3) is 21.9 Å². The third-order valence-electron chi connectivity index (χ3n) is 6.19. The Morgan fingerprint density at radius 2 is 1.33 bits per heavy atom. The Morgan fingerprint density at radius 3 is 2.00 bits per heavy atom. The van der Waals surface area contributed by atoms with E-state index >= 15 is 0 Å². The maximum atomic E-state index is 12.9. The fraction of sp³-hybridized carbons (Fsp3) is 0.280. The molecule has 0 atom stereocenters. The van der Waals surface area contributed by atoms with Gasteiger partial charge in [-0.05, 0) is 52.9 Å². The third kappa shape index (κ3) is 3.46. The molecule has 0 unspecified atom stereocenters. The van der Waals surface area contributed by atoms with Crippen molar-refractivity contribution in [3.8, 4) is 11.1 Å². The number of aliphatic hydroxyl groups is 1. The van der Waals surface area contributed by atoms with Gasteiger partial charge in [-0.2, -0.15) is 0 Å². The molecule has 0 radical (unpaired) electrons. The van der Waals surface area contributed by atoms with Crippen LogP contribution in [0.1, 0.15) is 23.2 Å². The Balaban J connectivity index is 1.26. The van der Waals surface area contributed by atoms with Crippen molar-refractivity contribution in [2.75, 3.05) is 26.2 Å². The predicted octanol–water partition coefficient (Wildman–Crippen LogP) is 3.32. The molecule has 3 aromatic carbocycles. The molecule has 1 heterocycles. The number of hydrogen-bond acceptors (Lipinski definition) is 3. The summed E-state index contributed by atoms with van der Waals surface area (Å²) in [5.74, 6) is -0.202. The van der Waals surface area contributed by atoms with Crippen LogP contribution in [-0.4, -0.2) is 58.5 Å². The average Bonchev–Trinajstić information content (AvgIpc) is 3.56. The van der Waals surface area contributed by atoms with Crippen LogP contribution in [0, 0.1) is 0 Å². The summed E-state index contributed by atoms with van der Waals surface area (Å²) < 4.78 is 0. The topological polar surface area (TPSA) is 60.9 Å². The van der Waals surface area contributed by atoms with Gasteiger partial charge in [-0.25, -0.2) is 0 Å². The summed E-state index contributed by atoms with van der Waals surface area (Å²) in [6, 6.07) is 22.4. The summed E-state index contributed by atoms with van der Waals surface area (Å²) in [6.45, 7) is 1.93. The van der Waals surface area contributed by atoms with E-state index in [-0.39, 0.29) is 11.8 Å². The fourth-order valence-corrected chi connectivity index (χ4v) is 4.10. The quantitative estimate of drug-likeness (QED) is 0.734. The lowest BCUT2D eigenvalue weighted by Gasteiger charge is -2.35. The zero-order valence-corrected chi connectivity index (χ0v) is 16.8. The van der Waals surface area contributed by atoms with Gasteiger partial charge < -0.3 is 14.9 Å². The van der Waals surface area contributed by atoms with Crippen LogP contribution in [0.4, 0.5) is 0 Å². The van der Waals surface area contributed by atoms with Crippen molar-refractivity contribution in [2.45, 2.75) is 18.4 Å². The lowest BCUT2D eigenvalue weighted by molar-refractivity contribution is -0.143. The Hall–Kier alpha value is -3.18. The number of benzene rings is 3. The molecule has 1 aliphatic carbocycles. The van der Waals surface area contributed by atoms with Crippen molar-refractivity contribution >= 4 is 22.6 Å². The van der Waals surface area contributed by atoms with Gasteiger partial charge in [0.1, 0.15) is 5.60 Å². The molecular formula is C25H24N2O3. The highest BCUT2D eigenvalue weighted by atomic mass is 16.3. The second kappa shape index (κ2) is 7.26. The molecule has 2 fully saturated rings. The molecule has 1 aliphatic heterocycles. The number of amides is 2. The van der Waals surface area contributed by atoms with Gasteiger partial charge in [0.25, 0.3) is 11.8 Å². The highest BCUT2D eigenvalue weighted by molar-refractivity contribution is 5.95. The first-order chi connectivity index (χ1) is 14.5. The minimum atomic E-state index is -1.13. The molecule has 0 bridgehead atoms. The van der Waals surface area contributed by atoms with Gasteiger partial charge in [-0.1, -0.05) is 48.5 Å². The standard InChI is InChI=1S/C25H24N2O3/c28-23(26-13-15-27(16-14-26)24(29)25(30)11-12-25)20-8-5-19(6-9-20)22-10-7-18-3-1-2-4-21(18)17-22/h1-10,17,30H,11-16H2. The van der Waals surface area contributed by atoms with Gasteiger partial charge in [-0.3, -0.25) is 9.59 Å². The zero-order chi connectivity index (χ0) is 20.7. The van der Waals surface area contributed by atoms with Crippen LogP contribution >= 0.6 is 0 Å². The molecule has 3 aromatic rings. The minimum Gasteiger partial charge on any atom is -0.380 e. The Bertz CT molecular complexity index is 1110. The number of carbonyl (C=O) groups excluding carboxylic acids is 2. The van der Waals surface area contributed by atoms with Crippen molar-refractivity contribution in [3.63, 3.8) is 0 Å². The monoisotopic (exact) mass is 400 g/mol. The van der Waals surface area contributed by atoms with E-state index in [2.05, 4.69) is 30.3 Å². The molecule has 152 valence electrons. The van der Waals surface area contributed by atoms with Crippen LogP contribution in [0.2, 0.25) is 0 Å². The minimum absolute atomic E-state index is 0.0164. The molecule has 5 heteroatoms. The first-order valence-electron chi connectivity index (χ1n) is 10.4. The second-order valence-electron chi connectivity index (χ2n) is 8.26. The molecule has 0 spiro atoms. The van der Waals surface area contributed by atoms with E-state index in [0.29, 0.717) is 44.6 Å². The molecule has 0 aromatic heterocycles. The van der Waals surface area contributed by atoms with Crippen LogP contribution in [-0.2, 0) is 4.79 Å². The van der Waals surface area contributed by atoms with Crippen molar-refractivity contribution in [1.29, 1.82) is 0 Å². The number of carbonyl (C=O) groups is 2. The fourth-order valence-electron chi connectivity index (χ4n) is 4.10. The lowest BCUT2D eigenvalue weighted by Crippen LogP contribution is -2.53. The Morgan fingerprint density at radius 1 is 0.733 bits per heavy atom. The molecule has 5 rings (SSSR count). The molecular weight excluding hydrogens is 376 g/mol. The van der Waals surface area contributed by atoms with E-state index in [1.807, 2.05) is 36.4 Å². The number of hydrogen-bond donors (Lipinski definition) is 1. The van der Waals surface area contributed by atoms with Crippen molar-refractivity contribution in [1.82, 2.24) is 9.80 Å². The molecule has 5 nitrogen and oxygen atoms in total. The number of rotatable bonds is 3. The van der Waals surface area contributed by atoms with E-state index in [4.69, 9.17) is 0 Å². The van der Waals surface area contributed by atoms with E-state index in [1.54, 1.807) is 9.80 Å². The van der Waals surface area contributed by atoms with Crippen LogP contribution in [0.5, 0.6) is 0 Å². The number of piperazine rings is 1. The SMILES string of the molecule is O=C(c1ccc(-c2ccc3ccccc3c2)cc1)N1CCN(C(=O)C2(O)CC2)CC1. The lowest BCUT2D eigenvalue weighted by atomic mass is 10.00. The predicted molar refractivity (Wildman–Crippen MR) is 116 cm³/mol. The molecule has 2 aliphatic rings. The molecule has 1 N–H and O–H groups in total. The van der Waals surface area contributed by atoms with E-state index < -0.39 is 5.60 Å². The number of fused-ring (bicyclic) bond motifs is 1. The van der Waals surface area contributed by atoms with E-state index in [9.17, 15) is 14.7 Å². The second-order valence-corrected chi connectivity index (χ2v) is 8.26. The smallest absolute Gasteiger partial charge is 0.254 e. The zero-order valence-electron chi connectivity index (χ0n) is 16.8. The summed E-state index contributed by atoms with van der Waals surface area (Å²) in [5.41, 5.74) is 1.72. The normalized spacial score (nSPS) is 17.8. The maximum absolute atomic E-state index is 12.9. The summed E-state index contributed by atoms with van der Waals surface area (Å²) >= 11 is 0. The van der Waals surface area contributed by atoms with Crippen LogP contribution < -0.4 is 0 Å². The summed E-state index contributed by atoms with van der Waals surface area (Å²) in [5, 5.41) is 12.4. The van der Waals surface area contributed by atoms with E-state index in [1.165, 1.54) is 10.8 Å².